The van der Waals surface area contributed by atoms with E-state index in [2.05, 4.69) is 52.6 Å². The first-order chi connectivity index (χ1) is 42.5. The van der Waals surface area contributed by atoms with Gasteiger partial charge in [0.15, 0.2) is 11.4 Å². The second-order valence-electron chi connectivity index (χ2n) is 24.9. The number of aromatic nitrogens is 4. The zero-order chi connectivity index (χ0) is 61.4. The molecule has 4 aliphatic carbocycles. The van der Waals surface area contributed by atoms with Gasteiger partial charge in [-0.15, -0.1) is 0 Å². The largest absolute Gasteiger partial charge is 1.00 e. The number of para-hydroxylation sites is 4. The maximum Gasteiger partial charge on any atom is 1.00 e. The molecule has 21 nitrogen and oxygen atoms in total. The molecule has 8 bridgehead atoms. The zero-order valence-corrected chi connectivity index (χ0v) is 61.6. The van der Waals surface area contributed by atoms with Crippen LogP contribution in [0.2, 0.25) is 0 Å². The third kappa shape index (κ3) is 18.7. The van der Waals surface area contributed by atoms with Crippen molar-refractivity contribution >= 4 is 74.5 Å². The van der Waals surface area contributed by atoms with Gasteiger partial charge in [0.25, 0.3) is 17.6 Å². The Kier molecular flexibility index (Phi) is 31.1. The molecule has 4 saturated heterocycles. The Balaban J connectivity index is 0.000000256. The smallest absolute Gasteiger partial charge is 1.00 e. The van der Waals surface area contributed by atoms with Gasteiger partial charge in [0, 0.05) is 61.2 Å². The van der Waals surface area contributed by atoms with E-state index in [0.717, 1.165) is 79.1 Å². The summed E-state index contributed by atoms with van der Waals surface area (Å²) in [6.45, 7) is 6.77. The summed E-state index contributed by atoms with van der Waals surface area (Å²) < 4.78 is 26.2. The van der Waals surface area contributed by atoms with Crippen LogP contribution in [0.25, 0.3) is 22.1 Å². The van der Waals surface area contributed by atoms with Gasteiger partial charge in [-0.05, 0) is 131 Å². The molecule has 4 saturated carbocycles. The first-order valence-corrected chi connectivity index (χ1v) is 34.1. The minimum atomic E-state index is -0.396. The second kappa shape index (κ2) is 37.2. The number of rotatable bonds is 16. The molecule has 24 heteroatoms. The number of morpholine rings is 2. The molecule has 2 aromatic carbocycles. The molecule has 1 N–H and O–H groups in total. The van der Waals surface area contributed by atoms with Crippen LogP contribution in [-0.2, 0) is 43.1 Å². The normalized spacial score (nSPS) is 28.3. The van der Waals surface area contributed by atoms with Crippen LogP contribution in [0, 0.1) is 23.7 Å². The Morgan fingerprint density at radius 1 is 0.596 bits per heavy atom. The Morgan fingerprint density at radius 3 is 1.30 bits per heavy atom. The Hall–Kier alpha value is -2.13. The van der Waals surface area contributed by atoms with Gasteiger partial charge in [-0.2, -0.15) is 0 Å². The average molecular weight is 1400 g/mol. The number of hydrogen-bond donors (Lipinski definition) is 1. The summed E-state index contributed by atoms with van der Waals surface area (Å²) in [4.78, 5) is 85.7. The van der Waals surface area contributed by atoms with Gasteiger partial charge in [0.05, 0.1) is 74.5 Å². The van der Waals surface area contributed by atoms with Gasteiger partial charge in [-0.1, -0.05) is 109 Å². The van der Waals surface area contributed by atoms with E-state index in [1.54, 1.807) is 13.8 Å². The standard InChI is InChI=1S/C32H44N4O5.C31H42N4O5.CH3I.CH2O3.2K.H/c1-3-41-30(37)13-12-28(34-39-2)31-32(38)36(29-11-7-6-10-27(29)33-31)24-17-25-19-40-20-26(18-24)35(25)23-15-21-8-4-5-9-22(14-21)16-23;1-2-40-29(36)12-11-27(33-38)30-31(37)35(28-10-6-5-9-26(28)32-30)23-16-24-18-39-19-25(17-23)34(24)22-14-20-7-3-4-8-21(13-20)15-22;1-2;2-1-4-3;;;/h6-7,10-11,21-26H,3-5,8-9,12-20H2,1-2H3;5-6,9-10,20-25,38H,2-4,7-8,11-19H2,1H3;1H3;1,3H;;;/q;;;;2*+1;-1/p-1/t21?,22?,23?,24?,25-,26+;20?,21?,22?,23?,24-,25+;;;;;. The van der Waals surface area contributed by atoms with Crippen LogP contribution in [0.1, 0.15) is 180 Å². The Morgan fingerprint density at radius 2 is 0.955 bits per heavy atom. The fourth-order valence-corrected chi connectivity index (χ4v) is 16.5. The van der Waals surface area contributed by atoms with Gasteiger partial charge in [0.2, 0.25) is 0 Å². The van der Waals surface area contributed by atoms with Gasteiger partial charge >= 0.3 is 115 Å². The van der Waals surface area contributed by atoms with Crippen LogP contribution < -0.4 is 119 Å². The number of alkyl halides is 1. The molecule has 0 amide bonds. The van der Waals surface area contributed by atoms with E-state index in [9.17, 15) is 24.4 Å². The van der Waals surface area contributed by atoms with Gasteiger partial charge in [-0.25, -0.2) is 9.97 Å². The maximum absolute atomic E-state index is 14.2. The SMILES string of the molecule is CCOC(=O)CCC(=NO)c1nc2ccccc2n(C2C[C@H]3COC[C@@H](C2)N3C2CC3CCCCC(C3)C2)c1=O.CCOC(=O)CCC(=NOC)c1nc2ccccc2n(C2C[C@H]3COC[C@@H](C2)N3C2CC3CCCCC(C3)C2)c1=O.CI.O=CO[O-].[H-].[K+].[K+]. The summed E-state index contributed by atoms with van der Waals surface area (Å²) >= 11 is 2.15. The molecule has 89 heavy (non-hydrogen) atoms. The summed E-state index contributed by atoms with van der Waals surface area (Å²) in [5.74, 6) is 2.70. The molecule has 4 aliphatic heterocycles. The number of ether oxygens (including phenoxy) is 4. The molecular weight excluding hydrogens is 1310 g/mol. The number of benzene rings is 2. The first-order valence-electron chi connectivity index (χ1n) is 32.0. The van der Waals surface area contributed by atoms with Crippen molar-refractivity contribution < 1.29 is 158 Å². The van der Waals surface area contributed by atoms with Crippen molar-refractivity contribution in [3.8, 4) is 0 Å². The molecule has 4 aromatic rings. The minimum Gasteiger partial charge on any atom is -1.00 e. The van der Waals surface area contributed by atoms with Crippen LogP contribution in [0.3, 0.4) is 0 Å². The number of carbonyl (C=O) groups excluding carboxylic acids is 3. The van der Waals surface area contributed by atoms with Gasteiger partial charge in [-0.3, -0.25) is 33.8 Å². The number of carbonyl (C=O) groups is 3. The van der Waals surface area contributed by atoms with Crippen molar-refractivity contribution in [2.45, 2.75) is 203 Å². The minimum absolute atomic E-state index is 0. The van der Waals surface area contributed by atoms with E-state index in [1.165, 1.54) is 97.0 Å². The van der Waals surface area contributed by atoms with Crippen LogP contribution in [-0.4, -0.2) is 152 Å². The number of fused-ring (bicyclic) bond motifs is 10. The molecule has 478 valence electrons. The topological polar surface area (TPSA) is 251 Å². The average Bonchev–Trinajstić information content (AvgIpc) is 1.67. The molecule has 0 spiro atoms. The number of hydrogen-bond acceptors (Lipinski definition) is 19. The predicted molar refractivity (Wildman–Crippen MR) is 337 cm³/mol. The van der Waals surface area contributed by atoms with Crippen molar-refractivity contribution in [1.29, 1.82) is 0 Å². The van der Waals surface area contributed by atoms with E-state index < -0.39 is 5.97 Å². The van der Waals surface area contributed by atoms with Crippen molar-refractivity contribution in [1.82, 2.24) is 28.9 Å². The summed E-state index contributed by atoms with van der Waals surface area (Å²) in [5, 5.41) is 25.8. The molecule has 12 rings (SSSR count). The molecule has 2 aromatic heterocycles. The fourth-order valence-electron chi connectivity index (χ4n) is 16.5. The van der Waals surface area contributed by atoms with Crippen molar-refractivity contribution in [3.63, 3.8) is 0 Å². The fraction of sp³-hybridized carbons (Fsp3) is 0.677. The van der Waals surface area contributed by atoms with E-state index in [4.69, 9.17) is 38.8 Å². The molecule has 8 fully saturated rings. The molecule has 0 radical (unpaired) electrons. The van der Waals surface area contributed by atoms with Crippen LogP contribution in [0.4, 0.5) is 0 Å². The molecular formula is C65H91IK2N8O13. The first kappa shape index (κ1) is 74.3. The van der Waals surface area contributed by atoms with Gasteiger partial charge in [0.1, 0.15) is 18.5 Å². The van der Waals surface area contributed by atoms with E-state index in [0.29, 0.717) is 55.2 Å². The maximum atomic E-state index is 14.2. The van der Waals surface area contributed by atoms with Gasteiger partial charge < -0.3 is 49.7 Å². The van der Waals surface area contributed by atoms with Crippen molar-refractivity contribution in [2.24, 2.45) is 34.0 Å². The number of nitrogens with zero attached hydrogens (tertiary/aromatic N) is 8. The summed E-state index contributed by atoms with van der Waals surface area (Å²) in [6.07, 6.45) is 23.0. The van der Waals surface area contributed by atoms with Crippen LogP contribution in [0.5, 0.6) is 0 Å². The van der Waals surface area contributed by atoms with Crippen molar-refractivity contribution in [3.05, 3.63) is 80.6 Å². The van der Waals surface area contributed by atoms with E-state index in [-0.39, 0.29) is 201 Å². The van der Waals surface area contributed by atoms with Crippen LogP contribution in [0.15, 0.2) is 68.4 Å². The second-order valence-corrected chi connectivity index (χ2v) is 24.9. The summed E-state index contributed by atoms with van der Waals surface area (Å²) in [5.41, 5.74) is 3.43. The monoisotopic (exact) mass is 1400 g/mol. The Bertz CT molecular complexity index is 3090. The summed E-state index contributed by atoms with van der Waals surface area (Å²) in [7, 11) is 1.45. The third-order valence-corrected chi connectivity index (χ3v) is 19.6. The number of piperidine rings is 2. The molecule has 6 unspecified atom stereocenters. The Labute approximate surface area is 623 Å². The van der Waals surface area contributed by atoms with Crippen molar-refractivity contribution in [2.75, 3.05) is 51.7 Å². The zero-order valence-electron chi connectivity index (χ0n) is 54.2. The number of esters is 2. The predicted octanol–water partition coefficient (Wildman–Crippen LogP) is 3.14. The number of oxime groups is 2. The van der Waals surface area contributed by atoms with E-state index in [1.807, 2.05) is 62.6 Å². The summed E-state index contributed by atoms with van der Waals surface area (Å²) in [6, 6.07) is 17.9. The molecule has 10 atom stereocenters. The van der Waals surface area contributed by atoms with Crippen LogP contribution >= 0.6 is 22.6 Å². The molecule has 8 aliphatic rings. The molecule has 6 heterocycles. The number of halogens is 1. The van der Waals surface area contributed by atoms with E-state index >= 15 is 0 Å². The quantitative estimate of drug-likeness (QED) is 0.0195. The third-order valence-electron chi connectivity index (χ3n) is 19.6.